The van der Waals surface area contributed by atoms with Gasteiger partial charge in [-0.05, 0) is 26.3 Å². The Morgan fingerprint density at radius 2 is 2.06 bits per heavy atom. The molecule has 16 heavy (non-hydrogen) atoms. The summed E-state index contributed by atoms with van der Waals surface area (Å²) >= 11 is 0. The Morgan fingerprint density at radius 1 is 1.44 bits per heavy atom. The van der Waals surface area contributed by atoms with Crippen molar-refractivity contribution in [1.29, 1.82) is 0 Å². The molecular weight excluding hydrogens is 204 g/mol. The first-order chi connectivity index (χ1) is 7.38. The lowest BCUT2D eigenvalue weighted by atomic mass is 9.88. The molecule has 1 amide bonds. The van der Waals surface area contributed by atoms with E-state index in [4.69, 9.17) is 0 Å². The van der Waals surface area contributed by atoms with Gasteiger partial charge in [-0.2, -0.15) is 0 Å². The fourth-order valence-corrected chi connectivity index (χ4v) is 2.21. The van der Waals surface area contributed by atoms with E-state index < -0.39 is 0 Å². The first kappa shape index (κ1) is 10.9. The van der Waals surface area contributed by atoms with E-state index in [1.807, 2.05) is 20.8 Å². The molecule has 2 heterocycles. The van der Waals surface area contributed by atoms with E-state index in [2.05, 4.69) is 4.98 Å². The zero-order chi connectivity index (χ0) is 12.1. The summed E-state index contributed by atoms with van der Waals surface area (Å²) in [7, 11) is 1.80. The van der Waals surface area contributed by atoms with E-state index in [1.54, 1.807) is 11.9 Å². The van der Waals surface area contributed by atoms with E-state index in [9.17, 15) is 9.59 Å². The number of amides is 1. The first-order valence-corrected chi connectivity index (χ1v) is 5.33. The predicted molar refractivity (Wildman–Crippen MR) is 60.8 cm³/mol. The number of likely N-dealkylation sites (N-methyl/N-ethyl adjacent to an activating group) is 1. The Hall–Kier alpha value is -1.58. The highest BCUT2D eigenvalue weighted by Gasteiger charge is 2.38. The number of aldehydes is 1. The average molecular weight is 220 g/mol. The van der Waals surface area contributed by atoms with Crippen LogP contribution in [-0.4, -0.2) is 34.7 Å². The van der Waals surface area contributed by atoms with Crippen LogP contribution in [0.2, 0.25) is 0 Å². The lowest BCUT2D eigenvalue weighted by molar-refractivity contribution is 0.0589. The highest BCUT2D eigenvalue weighted by atomic mass is 16.2. The molecule has 0 saturated carbocycles. The Kier molecular flexibility index (Phi) is 2.19. The maximum atomic E-state index is 12.2. The van der Waals surface area contributed by atoms with Crippen LogP contribution in [0.1, 0.15) is 46.0 Å². The highest BCUT2D eigenvalue weighted by molar-refractivity contribution is 6.00. The van der Waals surface area contributed by atoms with E-state index >= 15 is 0 Å². The second kappa shape index (κ2) is 3.20. The summed E-state index contributed by atoms with van der Waals surface area (Å²) in [5.74, 6) is -0.00639. The van der Waals surface area contributed by atoms with Crippen molar-refractivity contribution < 1.29 is 9.59 Å². The maximum absolute atomic E-state index is 12.2. The van der Waals surface area contributed by atoms with Crippen molar-refractivity contribution in [3.8, 4) is 0 Å². The third-order valence-corrected chi connectivity index (χ3v) is 3.52. The first-order valence-electron chi connectivity index (χ1n) is 5.33. The number of carbonyl (C=O) groups excluding carboxylic acids is 2. The van der Waals surface area contributed by atoms with Crippen molar-refractivity contribution in [2.75, 3.05) is 7.05 Å². The quantitative estimate of drug-likeness (QED) is 0.730. The standard InChI is InChI=1S/C12H16N2O2/c1-7-9(6-15)13-8-5-12(2,3)14(4)11(16)10(7)8/h6,13H,5H2,1-4H3. The molecule has 0 fully saturated rings. The minimum Gasteiger partial charge on any atom is -0.355 e. The fourth-order valence-electron chi connectivity index (χ4n) is 2.21. The fraction of sp³-hybridized carbons (Fsp3) is 0.500. The summed E-state index contributed by atoms with van der Waals surface area (Å²) < 4.78 is 0. The van der Waals surface area contributed by atoms with Crippen molar-refractivity contribution in [1.82, 2.24) is 9.88 Å². The number of fused-ring (bicyclic) bond motifs is 1. The molecule has 0 aromatic carbocycles. The van der Waals surface area contributed by atoms with Gasteiger partial charge in [-0.15, -0.1) is 0 Å². The topological polar surface area (TPSA) is 53.2 Å². The predicted octanol–water partition coefficient (Wildman–Crippen LogP) is 1.54. The van der Waals surface area contributed by atoms with Crippen LogP contribution in [0.25, 0.3) is 0 Å². The van der Waals surface area contributed by atoms with Crippen molar-refractivity contribution in [2.24, 2.45) is 0 Å². The molecule has 1 aromatic rings. The lowest BCUT2D eigenvalue weighted by Gasteiger charge is -2.39. The molecule has 2 rings (SSSR count). The van der Waals surface area contributed by atoms with Gasteiger partial charge in [0.05, 0.1) is 11.3 Å². The van der Waals surface area contributed by atoms with Crippen LogP contribution < -0.4 is 0 Å². The zero-order valence-corrected chi connectivity index (χ0v) is 10.0. The number of hydrogen-bond acceptors (Lipinski definition) is 2. The van der Waals surface area contributed by atoms with Crippen LogP contribution in [0.3, 0.4) is 0 Å². The van der Waals surface area contributed by atoms with Crippen LogP contribution in [0, 0.1) is 6.92 Å². The molecule has 1 aliphatic rings. The molecule has 1 aromatic heterocycles. The maximum Gasteiger partial charge on any atom is 0.256 e. The van der Waals surface area contributed by atoms with Crippen LogP contribution in [0.15, 0.2) is 0 Å². The second-order valence-corrected chi connectivity index (χ2v) is 4.99. The molecule has 0 unspecified atom stereocenters. The second-order valence-electron chi connectivity index (χ2n) is 4.99. The largest absolute Gasteiger partial charge is 0.355 e. The number of aromatic amines is 1. The number of carbonyl (C=O) groups is 2. The van der Waals surface area contributed by atoms with Gasteiger partial charge >= 0.3 is 0 Å². The monoisotopic (exact) mass is 220 g/mol. The molecular formula is C12H16N2O2. The normalized spacial score (nSPS) is 18.5. The molecule has 0 atom stereocenters. The zero-order valence-electron chi connectivity index (χ0n) is 10.0. The molecule has 0 radical (unpaired) electrons. The molecule has 86 valence electrons. The minimum absolute atomic E-state index is 0.00639. The van der Waals surface area contributed by atoms with E-state index in [0.717, 1.165) is 24.0 Å². The molecule has 1 N–H and O–H groups in total. The van der Waals surface area contributed by atoms with Gasteiger partial charge in [-0.3, -0.25) is 9.59 Å². The van der Waals surface area contributed by atoms with E-state index in [0.29, 0.717) is 11.3 Å². The summed E-state index contributed by atoms with van der Waals surface area (Å²) in [6, 6.07) is 0. The van der Waals surface area contributed by atoms with Gasteiger partial charge in [0.1, 0.15) is 0 Å². The number of aromatic nitrogens is 1. The van der Waals surface area contributed by atoms with Crippen molar-refractivity contribution in [3.05, 3.63) is 22.5 Å². The van der Waals surface area contributed by atoms with Crippen LogP contribution >= 0.6 is 0 Å². The summed E-state index contributed by atoms with van der Waals surface area (Å²) in [4.78, 5) is 27.8. The molecule has 0 aliphatic carbocycles. The summed E-state index contributed by atoms with van der Waals surface area (Å²) in [6.07, 6.45) is 1.52. The van der Waals surface area contributed by atoms with Crippen molar-refractivity contribution in [3.63, 3.8) is 0 Å². The Labute approximate surface area is 94.6 Å². The molecule has 0 bridgehead atoms. The Morgan fingerprint density at radius 3 is 2.62 bits per heavy atom. The third-order valence-electron chi connectivity index (χ3n) is 3.52. The van der Waals surface area contributed by atoms with Crippen molar-refractivity contribution >= 4 is 12.2 Å². The highest BCUT2D eigenvalue weighted by Crippen LogP contribution is 2.31. The SMILES string of the molecule is Cc1c(C=O)[nH]c2c1C(=O)N(C)C(C)(C)C2. The van der Waals surface area contributed by atoms with Crippen LogP contribution in [0.5, 0.6) is 0 Å². The van der Waals surface area contributed by atoms with Gasteiger partial charge in [0.2, 0.25) is 0 Å². The number of nitrogens with one attached hydrogen (secondary N) is 1. The van der Waals surface area contributed by atoms with Gasteiger partial charge in [0.15, 0.2) is 6.29 Å². The minimum atomic E-state index is -0.207. The lowest BCUT2D eigenvalue weighted by Crippen LogP contribution is -2.50. The van der Waals surface area contributed by atoms with Crippen LogP contribution in [-0.2, 0) is 6.42 Å². The molecule has 4 heteroatoms. The number of rotatable bonds is 1. The molecule has 1 aliphatic heterocycles. The third kappa shape index (κ3) is 1.29. The summed E-state index contributed by atoms with van der Waals surface area (Å²) in [5, 5.41) is 0. The van der Waals surface area contributed by atoms with E-state index in [1.165, 1.54) is 0 Å². The summed E-state index contributed by atoms with van der Waals surface area (Å²) in [6.45, 7) is 5.85. The molecule has 4 nitrogen and oxygen atoms in total. The smallest absolute Gasteiger partial charge is 0.256 e. The van der Waals surface area contributed by atoms with Gasteiger partial charge < -0.3 is 9.88 Å². The van der Waals surface area contributed by atoms with E-state index in [-0.39, 0.29) is 11.4 Å². The summed E-state index contributed by atoms with van der Waals surface area (Å²) in [5.41, 5.74) is 2.63. The average Bonchev–Trinajstić information content (AvgIpc) is 2.51. The van der Waals surface area contributed by atoms with Crippen molar-refractivity contribution in [2.45, 2.75) is 32.7 Å². The van der Waals surface area contributed by atoms with Gasteiger partial charge in [0, 0.05) is 24.7 Å². The Balaban J connectivity index is 2.62. The molecule has 0 saturated heterocycles. The van der Waals surface area contributed by atoms with Gasteiger partial charge in [0.25, 0.3) is 5.91 Å². The Bertz CT molecular complexity index is 472. The van der Waals surface area contributed by atoms with Gasteiger partial charge in [-0.25, -0.2) is 0 Å². The van der Waals surface area contributed by atoms with Crippen LogP contribution in [0.4, 0.5) is 0 Å². The van der Waals surface area contributed by atoms with Gasteiger partial charge in [-0.1, -0.05) is 0 Å². The molecule has 0 spiro atoms. The number of H-pyrrole nitrogens is 1. The number of hydrogen-bond donors (Lipinski definition) is 1. The number of nitrogens with zero attached hydrogens (tertiary/aromatic N) is 1.